The SMILES string of the molecule is O=C1CS[C@H](c2cn(Cc3ccc(Br)cc3)nn2)N1Cc1ccccc1. The minimum absolute atomic E-state index is 0.0821. The molecule has 7 heteroatoms. The molecule has 0 aliphatic carbocycles. The van der Waals surface area contributed by atoms with Gasteiger partial charge in [-0.15, -0.1) is 16.9 Å². The molecular weight excluding hydrogens is 412 g/mol. The molecule has 0 saturated carbocycles. The van der Waals surface area contributed by atoms with Gasteiger partial charge in [-0.2, -0.15) is 0 Å². The molecule has 1 atom stereocenters. The number of thioether (sulfide) groups is 1. The Hall–Kier alpha value is -2.12. The third-order valence-corrected chi connectivity index (χ3v) is 5.99. The number of halogens is 1. The average Bonchev–Trinajstić information content (AvgIpc) is 3.25. The van der Waals surface area contributed by atoms with Crippen LogP contribution in [-0.4, -0.2) is 31.6 Å². The van der Waals surface area contributed by atoms with Crippen molar-refractivity contribution in [1.82, 2.24) is 19.9 Å². The molecule has 0 bridgehead atoms. The minimum atomic E-state index is -0.0821. The first-order valence-corrected chi connectivity index (χ1v) is 10.1. The van der Waals surface area contributed by atoms with Crippen LogP contribution in [0.1, 0.15) is 22.2 Å². The highest BCUT2D eigenvalue weighted by molar-refractivity contribution is 9.10. The topological polar surface area (TPSA) is 51.0 Å². The first-order chi connectivity index (χ1) is 12.7. The monoisotopic (exact) mass is 428 g/mol. The van der Waals surface area contributed by atoms with Gasteiger partial charge in [0.1, 0.15) is 11.1 Å². The molecule has 3 aromatic rings. The number of hydrogen-bond donors (Lipinski definition) is 0. The molecule has 0 unspecified atom stereocenters. The Morgan fingerprint density at radius 2 is 1.77 bits per heavy atom. The molecule has 1 amide bonds. The van der Waals surface area contributed by atoms with Crippen molar-refractivity contribution in [2.24, 2.45) is 0 Å². The lowest BCUT2D eigenvalue weighted by molar-refractivity contribution is -0.128. The van der Waals surface area contributed by atoms with Crippen molar-refractivity contribution in [3.05, 3.63) is 82.1 Å². The number of aromatic nitrogens is 3. The van der Waals surface area contributed by atoms with Crippen LogP contribution >= 0.6 is 27.7 Å². The largest absolute Gasteiger partial charge is 0.320 e. The summed E-state index contributed by atoms with van der Waals surface area (Å²) in [6, 6.07) is 18.2. The second-order valence-corrected chi connectivity index (χ2v) is 8.12. The Balaban J connectivity index is 1.50. The van der Waals surface area contributed by atoms with Gasteiger partial charge in [0.05, 0.1) is 18.5 Å². The predicted molar refractivity (Wildman–Crippen MR) is 105 cm³/mol. The zero-order valence-corrected chi connectivity index (χ0v) is 16.4. The van der Waals surface area contributed by atoms with Crippen LogP contribution in [-0.2, 0) is 17.9 Å². The van der Waals surface area contributed by atoms with Gasteiger partial charge in [0.25, 0.3) is 0 Å². The minimum Gasteiger partial charge on any atom is -0.320 e. The number of nitrogens with zero attached hydrogens (tertiary/aromatic N) is 4. The normalized spacial score (nSPS) is 17.0. The second kappa shape index (κ2) is 7.63. The van der Waals surface area contributed by atoms with Crippen LogP contribution in [0.3, 0.4) is 0 Å². The van der Waals surface area contributed by atoms with Crippen molar-refractivity contribution in [1.29, 1.82) is 0 Å². The molecule has 0 radical (unpaired) electrons. The fourth-order valence-electron chi connectivity index (χ4n) is 2.93. The highest BCUT2D eigenvalue weighted by Gasteiger charge is 2.34. The molecule has 132 valence electrons. The van der Waals surface area contributed by atoms with Crippen LogP contribution in [0.2, 0.25) is 0 Å². The molecule has 1 fully saturated rings. The van der Waals surface area contributed by atoms with Crippen LogP contribution in [0, 0.1) is 0 Å². The van der Waals surface area contributed by atoms with Crippen molar-refractivity contribution in [3.8, 4) is 0 Å². The highest BCUT2D eigenvalue weighted by atomic mass is 79.9. The van der Waals surface area contributed by atoms with Gasteiger partial charge in [-0.05, 0) is 23.3 Å². The van der Waals surface area contributed by atoms with E-state index < -0.39 is 0 Å². The molecule has 4 rings (SSSR count). The summed E-state index contributed by atoms with van der Waals surface area (Å²) in [4.78, 5) is 14.2. The van der Waals surface area contributed by atoms with Crippen LogP contribution in [0.15, 0.2) is 65.3 Å². The van der Waals surface area contributed by atoms with Gasteiger partial charge in [0.2, 0.25) is 5.91 Å². The van der Waals surface area contributed by atoms with Crippen molar-refractivity contribution in [2.75, 3.05) is 5.75 Å². The Kier molecular flexibility index (Phi) is 5.08. The quantitative estimate of drug-likeness (QED) is 0.618. The van der Waals surface area contributed by atoms with Crippen molar-refractivity contribution in [2.45, 2.75) is 18.5 Å². The Morgan fingerprint density at radius 1 is 1.04 bits per heavy atom. The van der Waals surface area contributed by atoms with E-state index in [1.54, 1.807) is 11.8 Å². The summed E-state index contributed by atoms with van der Waals surface area (Å²) in [5.41, 5.74) is 3.10. The molecule has 0 spiro atoms. The van der Waals surface area contributed by atoms with Gasteiger partial charge < -0.3 is 4.90 Å². The van der Waals surface area contributed by atoms with E-state index in [0.717, 1.165) is 21.3 Å². The Bertz CT molecular complexity index is 897. The van der Waals surface area contributed by atoms with Crippen LogP contribution in [0.5, 0.6) is 0 Å². The lowest BCUT2D eigenvalue weighted by Gasteiger charge is -2.22. The highest BCUT2D eigenvalue weighted by Crippen LogP contribution is 2.38. The number of carbonyl (C=O) groups is 1. The maximum atomic E-state index is 12.3. The molecule has 1 aliphatic rings. The molecule has 0 N–H and O–H groups in total. The van der Waals surface area contributed by atoms with E-state index in [2.05, 4.69) is 38.4 Å². The van der Waals surface area contributed by atoms with Gasteiger partial charge in [-0.25, -0.2) is 4.68 Å². The molecule has 1 saturated heterocycles. The van der Waals surface area contributed by atoms with E-state index in [-0.39, 0.29) is 11.3 Å². The summed E-state index contributed by atoms with van der Waals surface area (Å²) in [7, 11) is 0. The Labute approximate surface area is 164 Å². The molecule has 5 nitrogen and oxygen atoms in total. The molecular formula is C19H17BrN4OS. The fourth-order valence-corrected chi connectivity index (χ4v) is 4.31. The fraction of sp³-hybridized carbons (Fsp3) is 0.211. The summed E-state index contributed by atoms with van der Waals surface area (Å²) in [6.45, 7) is 1.25. The van der Waals surface area contributed by atoms with Crippen molar-refractivity contribution in [3.63, 3.8) is 0 Å². The lowest BCUT2D eigenvalue weighted by Crippen LogP contribution is -2.27. The maximum Gasteiger partial charge on any atom is 0.234 e. The van der Waals surface area contributed by atoms with E-state index in [1.165, 1.54) is 0 Å². The van der Waals surface area contributed by atoms with Crippen LogP contribution in [0.25, 0.3) is 0 Å². The number of carbonyl (C=O) groups excluding carboxylic acids is 1. The van der Waals surface area contributed by atoms with E-state index in [9.17, 15) is 4.79 Å². The van der Waals surface area contributed by atoms with Crippen molar-refractivity contribution >= 4 is 33.6 Å². The van der Waals surface area contributed by atoms with Crippen LogP contribution in [0.4, 0.5) is 0 Å². The zero-order valence-electron chi connectivity index (χ0n) is 14.0. The molecule has 1 aromatic heterocycles. The first-order valence-electron chi connectivity index (χ1n) is 8.28. The van der Waals surface area contributed by atoms with Gasteiger partial charge in [0, 0.05) is 11.0 Å². The van der Waals surface area contributed by atoms with Crippen LogP contribution < -0.4 is 0 Å². The maximum absolute atomic E-state index is 12.3. The van der Waals surface area contributed by atoms with Gasteiger partial charge in [-0.3, -0.25) is 4.79 Å². The van der Waals surface area contributed by atoms with E-state index in [0.29, 0.717) is 18.8 Å². The van der Waals surface area contributed by atoms with Gasteiger partial charge in [-0.1, -0.05) is 63.6 Å². The van der Waals surface area contributed by atoms with E-state index in [4.69, 9.17) is 0 Å². The third-order valence-electron chi connectivity index (χ3n) is 4.23. The first kappa shape index (κ1) is 17.3. The zero-order chi connectivity index (χ0) is 17.9. The lowest BCUT2D eigenvalue weighted by atomic mass is 10.2. The smallest absolute Gasteiger partial charge is 0.234 e. The number of rotatable bonds is 5. The molecule has 1 aliphatic heterocycles. The molecule has 2 aromatic carbocycles. The number of amides is 1. The second-order valence-electron chi connectivity index (χ2n) is 6.14. The van der Waals surface area contributed by atoms with Crippen molar-refractivity contribution < 1.29 is 4.79 Å². The Morgan fingerprint density at radius 3 is 2.54 bits per heavy atom. The molecule has 2 heterocycles. The van der Waals surface area contributed by atoms with Gasteiger partial charge >= 0.3 is 0 Å². The standard InChI is InChI=1S/C19H17BrN4OS/c20-16-8-6-15(7-9-16)10-23-12-17(21-22-23)19-24(18(25)13-26-19)11-14-4-2-1-3-5-14/h1-9,12,19H,10-11,13H2/t19-/m1/s1. The summed E-state index contributed by atoms with van der Waals surface area (Å²) in [6.07, 6.45) is 1.94. The number of benzene rings is 2. The summed E-state index contributed by atoms with van der Waals surface area (Å²) in [5, 5.41) is 8.49. The predicted octanol–water partition coefficient (Wildman–Crippen LogP) is 3.86. The summed E-state index contributed by atoms with van der Waals surface area (Å²) in [5.74, 6) is 0.628. The molecule has 26 heavy (non-hydrogen) atoms. The summed E-state index contributed by atoms with van der Waals surface area (Å²) < 4.78 is 2.88. The van der Waals surface area contributed by atoms with Gasteiger partial charge in [0.15, 0.2) is 0 Å². The third kappa shape index (κ3) is 3.83. The summed E-state index contributed by atoms with van der Waals surface area (Å²) >= 11 is 5.05. The van der Waals surface area contributed by atoms with E-state index >= 15 is 0 Å². The van der Waals surface area contributed by atoms with E-state index in [1.807, 2.05) is 58.2 Å². The average molecular weight is 429 g/mol. The number of hydrogen-bond acceptors (Lipinski definition) is 4.